The van der Waals surface area contributed by atoms with Crippen molar-refractivity contribution in [2.45, 2.75) is 45.1 Å². The number of nitrogens with zero attached hydrogens (tertiary/aromatic N) is 2. The number of amides is 1. The van der Waals surface area contributed by atoms with Gasteiger partial charge in [-0.15, -0.1) is 11.3 Å². The molecule has 2 aromatic heterocycles. The Morgan fingerprint density at radius 1 is 1.28 bits per heavy atom. The molecule has 1 aliphatic carbocycles. The van der Waals surface area contributed by atoms with Gasteiger partial charge >= 0.3 is 5.97 Å². The summed E-state index contributed by atoms with van der Waals surface area (Å²) >= 11 is 7.59. The van der Waals surface area contributed by atoms with E-state index >= 15 is 0 Å². The van der Waals surface area contributed by atoms with E-state index in [-0.39, 0.29) is 18.6 Å². The molecule has 8 heteroatoms. The Kier molecular flexibility index (Phi) is 5.87. The van der Waals surface area contributed by atoms with Crippen molar-refractivity contribution in [2.24, 2.45) is 0 Å². The Morgan fingerprint density at radius 2 is 2.03 bits per heavy atom. The standard InChI is InChI=1S/C21H22ClN3O3S/c1-13-15-11-18(21(27)28-12-19(26)23-14-7-3-2-4-8-14)29-20(15)25(24-13)17-10-6-5-9-16(17)22/h5-6,9-11,14H,2-4,7-8,12H2,1H3,(H,23,26). The maximum atomic E-state index is 12.5. The van der Waals surface area contributed by atoms with Crippen LogP contribution in [0.1, 0.15) is 47.5 Å². The zero-order chi connectivity index (χ0) is 20.4. The fraction of sp³-hybridized carbons (Fsp3) is 0.381. The summed E-state index contributed by atoms with van der Waals surface area (Å²) in [6.07, 6.45) is 5.47. The first-order chi connectivity index (χ1) is 14.0. The highest BCUT2D eigenvalue weighted by atomic mass is 35.5. The third-order valence-electron chi connectivity index (χ3n) is 5.13. The largest absolute Gasteiger partial charge is 0.451 e. The molecule has 152 valence electrons. The van der Waals surface area contributed by atoms with Crippen LogP contribution >= 0.6 is 22.9 Å². The summed E-state index contributed by atoms with van der Waals surface area (Å²) < 4.78 is 6.98. The van der Waals surface area contributed by atoms with E-state index in [0.717, 1.165) is 47.3 Å². The number of benzene rings is 1. The van der Waals surface area contributed by atoms with Crippen LogP contribution in [0.2, 0.25) is 5.02 Å². The van der Waals surface area contributed by atoms with E-state index in [4.69, 9.17) is 16.3 Å². The minimum Gasteiger partial charge on any atom is -0.451 e. The van der Waals surface area contributed by atoms with Gasteiger partial charge < -0.3 is 10.1 Å². The molecule has 0 bridgehead atoms. The molecule has 0 spiro atoms. The number of nitrogens with one attached hydrogen (secondary N) is 1. The maximum absolute atomic E-state index is 12.5. The summed E-state index contributed by atoms with van der Waals surface area (Å²) in [4.78, 5) is 25.8. The van der Waals surface area contributed by atoms with Gasteiger partial charge in [0.15, 0.2) is 6.61 Å². The third-order valence-corrected chi connectivity index (χ3v) is 6.54. The second-order valence-corrected chi connectivity index (χ2v) is 8.69. The summed E-state index contributed by atoms with van der Waals surface area (Å²) in [5.74, 6) is -0.750. The third kappa shape index (κ3) is 4.31. The van der Waals surface area contributed by atoms with Gasteiger partial charge in [-0.25, -0.2) is 9.48 Å². The van der Waals surface area contributed by atoms with Gasteiger partial charge in [0.2, 0.25) is 0 Å². The fourth-order valence-electron chi connectivity index (χ4n) is 3.65. The number of halogens is 1. The molecule has 4 rings (SSSR count). The molecule has 0 unspecified atom stereocenters. The van der Waals surface area contributed by atoms with Gasteiger partial charge in [-0.05, 0) is 38.0 Å². The number of rotatable bonds is 5. The van der Waals surface area contributed by atoms with Crippen LogP contribution in [0, 0.1) is 6.92 Å². The number of hydrogen-bond acceptors (Lipinski definition) is 5. The number of hydrogen-bond donors (Lipinski definition) is 1. The number of aryl methyl sites for hydroxylation is 1. The molecule has 0 aliphatic heterocycles. The van der Waals surface area contributed by atoms with Crippen LogP contribution < -0.4 is 5.32 Å². The van der Waals surface area contributed by atoms with E-state index in [0.29, 0.717) is 9.90 Å². The van der Waals surface area contributed by atoms with E-state index < -0.39 is 5.97 Å². The second-order valence-electron chi connectivity index (χ2n) is 7.26. The first kappa shape index (κ1) is 19.9. The molecule has 0 saturated heterocycles. The average Bonchev–Trinajstić information content (AvgIpc) is 3.28. The maximum Gasteiger partial charge on any atom is 0.348 e. The first-order valence-corrected chi connectivity index (χ1v) is 10.9. The molecule has 1 N–H and O–H groups in total. The Bertz CT molecular complexity index is 1050. The molecule has 1 fully saturated rings. The van der Waals surface area contributed by atoms with Gasteiger partial charge in [0.25, 0.3) is 5.91 Å². The molecular formula is C21H22ClN3O3S. The Morgan fingerprint density at radius 3 is 2.79 bits per heavy atom. The molecule has 1 amide bonds. The summed E-state index contributed by atoms with van der Waals surface area (Å²) in [5.41, 5.74) is 1.55. The van der Waals surface area contributed by atoms with Crippen LogP contribution in [0.25, 0.3) is 15.9 Å². The highest BCUT2D eigenvalue weighted by molar-refractivity contribution is 7.20. The van der Waals surface area contributed by atoms with Gasteiger partial charge in [-0.1, -0.05) is 43.0 Å². The first-order valence-electron chi connectivity index (χ1n) is 9.73. The fourth-order valence-corrected chi connectivity index (χ4v) is 4.94. The molecule has 6 nitrogen and oxygen atoms in total. The second kappa shape index (κ2) is 8.55. The van der Waals surface area contributed by atoms with Gasteiger partial charge in [0.05, 0.1) is 16.4 Å². The summed E-state index contributed by atoms with van der Waals surface area (Å²) in [7, 11) is 0. The van der Waals surface area contributed by atoms with Crippen LogP contribution in [0.3, 0.4) is 0 Å². The lowest BCUT2D eigenvalue weighted by atomic mass is 9.95. The van der Waals surface area contributed by atoms with Crippen molar-refractivity contribution in [2.75, 3.05) is 6.61 Å². The lowest BCUT2D eigenvalue weighted by Crippen LogP contribution is -2.38. The van der Waals surface area contributed by atoms with E-state index in [1.54, 1.807) is 16.8 Å². The van der Waals surface area contributed by atoms with Crippen LogP contribution in [-0.4, -0.2) is 34.3 Å². The number of thiophene rings is 1. The van der Waals surface area contributed by atoms with Crippen LogP contribution in [-0.2, 0) is 9.53 Å². The van der Waals surface area contributed by atoms with Crippen molar-refractivity contribution in [1.82, 2.24) is 15.1 Å². The van der Waals surface area contributed by atoms with Crippen LogP contribution in [0.4, 0.5) is 0 Å². The van der Waals surface area contributed by atoms with E-state index in [1.165, 1.54) is 17.8 Å². The smallest absolute Gasteiger partial charge is 0.348 e. The predicted octanol–water partition coefficient (Wildman–Crippen LogP) is 4.65. The average molecular weight is 432 g/mol. The molecule has 29 heavy (non-hydrogen) atoms. The van der Waals surface area contributed by atoms with E-state index in [2.05, 4.69) is 10.4 Å². The summed E-state index contributed by atoms with van der Waals surface area (Å²) in [5, 5.41) is 8.95. The SMILES string of the molecule is Cc1nn(-c2ccccc2Cl)c2sc(C(=O)OCC(=O)NC3CCCCC3)cc12. The molecular weight excluding hydrogens is 410 g/mol. The van der Waals surface area contributed by atoms with E-state index in [9.17, 15) is 9.59 Å². The summed E-state index contributed by atoms with van der Waals surface area (Å²) in [6, 6.07) is 9.38. The number of fused-ring (bicyclic) bond motifs is 1. The topological polar surface area (TPSA) is 73.2 Å². The van der Waals surface area contributed by atoms with Crippen LogP contribution in [0.5, 0.6) is 0 Å². The van der Waals surface area contributed by atoms with Crippen molar-refractivity contribution in [3.05, 3.63) is 45.9 Å². The Labute approximate surface area is 177 Å². The minimum atomic E-state index is -0.505. The molecule has 2 heterocycles. The lowest BCUT2D eigenvalue weighted by Gasteiger charge is -2.22. The van der Waals surface area contributed by atoms with Crippen molar-refractivity contribution in [3.63, 3.8) is 0 Å². The molecule has 1 aliphatic rings. The lowest BCUT2D eigenvalue weighted by molar-refractivity contribution is -0.125. The zero-order valence-electron chi connectivity index (χ0n) is 16.1. The predicted molar refractivity (Wildman–Crippen MR) is 114 cm³/mol. The van der Waals surface area contributed by atoms with E-state index in [1.807, 2.05) is 25.1 Å². The van der Waals surface area contributed by atoms with Gasteiger partial charge in [-0.3, -0.25) is 4.79 Å². The van der Waals surface area contributed by atoms with Crippen molar-refractivity contribution in [1.29, 1.82) is 0 Å². The number of carbonyl (C=O) groups excluding carboxylic acids is 2. The normalized spacial score (nSPS) is 14.8. The minimum absolute atomic E-state index is 0.198. The Hall–Kier alpha value is -2.38. The van der Waals surface area contributed by atoms with Crippen molar-refractivity contribution in [3.8, 4) is 5.69 Å². The number of aromatic nitrogens is 2. The highest BCUT2D eigenvalue weighted by Gasteiger charge is 2.21. The quantitative estimate of drug-likeness (QED) is 0.596. The van der Waals surface area contributed by atoms with Gasteiger partial charge in [-0.2, -0.15) is 5.10 Å². The monoisotopic (exact) mass is 431 g/mol. The van der Waals surface area contributed by atoms with Crippen molar-refractivity contribution < 1.29 is 14.3 Å². The Balaban J connectivity index is 1.46. The molecule has 0 radical (unpaired) electrons. The number of para-hydroxylation sites is 1. The molecule has 3 aromatic rings. The van der Waals surface area contributed by atoms with Crippen molar-refractivity contribution >= 4 is 45.0 Å². The number of carbonyl (C=O) groups is 2. The number of esters is 1. The molecule has 1 saturated carbocycles. The molecule has 1 aromatic carbocycles. The van der Waals surface area contributed by atoms with Gasteiger partial charge in [0.1, 0.15) is 9.71 Å². The van der Waals surface area contributed by atoms with Gasteiger partial charge in [0, 0.05) is 11.4 Å². The highest BCUT2D eigenvalue weighted by Crippen LogP contribution is 2.32. The summed E-state index contributed by atoms with van der Waals surface area (Å²) in [6.45, 7) is 1.62. The number of ether oxygens (including phenoxy) is 1. The van der Waals surface area contributed by atoms with Crippen LogP contribution in [0.15, 0.2) is 30.3 Å². The molecule has 0 atom stereocenters. The zero-order valence-corrected chi connectivity index (χ0v) is 17.7.